The number of nitriles is 1. The summed E-state index contributed by atoms with van der Waals surface area (Å²) in [5.41, 5.74) is 3.30. The number of aromatic nitrogens is 2. The number of anilines is 1. The summed E-state index contributed by atoms with van der Waals surface area (Å²) in [6, 6.07) is 14.3. The van der Waals surface area contributed by atoms with Crippen molar-refractivity contribution < 1.29 is 19.1 Å². The zero-order chi connectivity index (χ0) is 31.3. The highest BCUT2D eigenvalue weighted by Gasteiger charge is 2.34. The number of carbonyl (C=O) groups is 2. The molecular formula is C35H41N5O4S. The minimum absolute atomic E-state index is 0.104. The molecule has 3 aromatic rings. The number of alkyl carbamates (subject to hydrolysis) is 1. The normalized spacial score (nSPS) is 23.0. The number of thiazole rings is 1. The number of carbonyl (C=O) groups excluding carboxylic acids is 2. The number of nitrogens with one attached hydrogen (secondary N) is 1. The average Bonchev–Trinajstić information content (AvgIpc) is 3.82. The maximum absolute atomic E-state index is 14.3. The minimum Gasteiger partial charge on any atom is -0.494 e. The molecule has 0 spiro atoms. The van der Waals surface area contributed by atoms with E-state index in [-0.39, 0.29) is 23.8 Å². The van der Waals surface area contributed by atoms with Crippen LogP contribution in [0.2, 0.25) is 0 Å². The molecule has 3 aliphatic carbocycles. The number of hydrogen-bond acceptors (Lipinski definition) is 8. The smallest absolute Gasteiger partial charge is 0.407 e. The molecule has 0 unspecified atom stereocenters. The van der Waals surface area contributed by atoms with E-state index in [1.165, 1.54) is 17.8 Å². The molecule has 9 nitrogen and oxygen atoms in total. The molecule has 236 valence electrons. The fourth-order valence-electron chi connectivity index (χ4n) is 6.78. The molecule has 45 heavy (non-hydrogen) atoms. The molecule has 3 saturated carbocycles. The molecule has 2 amide bonds. The lowest BCUT2D eigenvalue weighted by Gasteiger charge is -2.36. The lowest BCUT2D eigenvalue weighted by atomic mass is 9.79. The molecule has 3 aliphatic rings. The van der Waals surface area contributed by atoms with E-state index in [1.54, 1.807) is 25.5 Å². The van der Waals surface area contributed by atoms with Gasteiger partial charge in [-0.3, -0.25) is 4.79 Å². The Kier molecular flexibility index (Phi) is 9.64. The van der Waals surface area contributed by atoms with Crippen molar-refractivity contribution in [2.45, 2.75) is 82.1 Å². The van der Waals surface area contributed by atoms with Crippen LogP contribution in [-0.4, -0.2) is 48.8 Å². The Morgan fingerprint density at radius 1 is 1.02 bits per heavy atom. The molecule has 3 fully saturated rings. The summed E-state index contributed by atoms with van der Waals surface area (Å²) >= 11 is 1.76. The van der Waals surface area contributed by atoms with Crippen LogP contribution < -0.4 is 15.0 Å². The van der Waals surface area contributed by atoms with Crippen LogP contribution in [0.25, 0.3) is 10.4 Å². The van der Waals surface area contributed by atoms with E-state index < -0.39 is 6.09 Å². The number of benzene rings is 1. The fourth-order valence-corrected chi connectivity index (χ4v) is 7.86. The van der Waals surface area contributed by atoms with Gasteiger partial charge in [0.05, 0.1) is 17.0 Å². The van der Waals surface area contributed by atoms with Gasteiger partial charge in [0.15, 0.2) is 11.4 Å². The molecule has 2 aromatic heterocycles. The summed E-state index contributed by atoms with van der Waals surface area (Å²) < 4.78 is 10.8. The number of ether oxygens (including phenoxy) is 2. The second-order valence-electron chi connectivity index (χ2n) is 12.6. The van der Waals surface area contributed by atoms with Gasteiger partial charge in [-0.25, -0.2) is 14.8 Å². The topological polar surface area (TPSA) is 117 Å². The Hall–Kier alpha value is -3.97. The van der Waals surface area contributed by atoms with Gasteiger partial charge in [-0.15, -0.1) is 11.3 Å². The number of pyridine rings is 1. The van der Waals surface area contributed by atoms with Gasteiger partial charge in [0.2, 0.25) is 5.91 Å². The third kappa shape index (κ3) is 7.30. The van der Waals surface area contributed by atoms with Gasteiger partial charge in [0.25, 0.3) is 0 Å². The number of hydrogen-bond donors (Lipinski definition) is 1. The van der Waals surface area contributed by atoms with Crippen molar-refractivity contribution >= 4 is 29.0 Å². The molecule has 2 heterocycles. The number of amides is 2. The molecule has 10 heteroatoms. The predicted molar refractivity (Wildman–Crippen MR) is 173 cm³/mol. The molecule has 1 aromatic carbocycles. The summed E-state index contributed by atoms with van der Waals surface area (Å²) in [6.45, 7) is 0.666. The molecule has 0 atom stereocenters. The number of nitrogens with zero attached hydrogens (tertiary/aromatic N) is 4. The predicted octanol–water partition coefficient (Wildman–Crippen LogP) is 7.18. The molecule has 0 aliphatic heterocycles. The first kappa shape index (κ1) is 31.0. The Balaban J connectivity index is 1.18. The Bertz CT molecular complexity index is 1550. The lowest BCUT2D eigenvalue weighted by molar-refractivity contribution is -0.124. The fraction of sp³-hybridized carbons (Fsp3) is 0.514. The zero-order valence-corrected chi connectivity index (χ0v) is 26.9. The lowest BCUT2D eigenvalue weighted by Crippen LogP contribution is -2.42. The summed E-state index contributed by atoms with van der Waals surface area (Å²) in [5.74, 6) is 1.82. The average molecular weight is 628 g/mol. The monoisotopic (exact) mass is 627 g/mol. The van der Waals surface area contributed by atoms with Crippen LogP contribution in [0.4, 0.5) is 10.5 Å². The third-order valence-corrected chi connectivity index (χ3v) is 10.8. The largest absolute Gasteiger partial charge is 0.494 e. The van der Waals surface area contributed by atoms with Crippen LogP contribution in [0, 0.1) is 23.2 Å². The van der Waals surface area contributed by atoms with E-state index in [9.17, 15) is 14.9 Å². The van der Waals surface area contributed by atoms with Crippen LogP contribution >= 0.6 is 11.3 Å². The standard InChI is InChI=1S/C35H41N5O4S/c1-37-35(42)44-28-14-12-25(13-15-28)34(41)40(27-5-3-4-26(18-27)32-20-38-33(45-32)24-10-11-24)21-22-6-8-23(9-7-22)29-16-17-31(43-2)30(19-36)39-29/h3-5,16-18,20,22-25,28H,6-15,21H2,1-2H3,(H,37,42)/t22-,23-,25-,28-. The van der Waals surface area contributed by atoms with E-state index in [0.717, 1.165) is 47.5 Å². The first-order valence-corrected chi connectivity index (χ1v) is 17.0. The van der Waals surface area contributed by atoms with Crippen molar-refractivity contribution in [1.29, 1.82) is 5.26 Å². The van der Waals surface area contributed by atoms with Crippen LogP contribution in [0.15, 0.2) is 42.6 Å². The van der Waals surface area contributed by atoms with Crippen molar-refractivity contribution in [3.05, 3.63) is 59.0 Å². The highest BCUT2D eigenvalue weighted by molar-refractivity contribution is 7.15. The van der Waals surface area contributed by atoms with E-state index in [2.05, 4.69) is 45.6 Å². The number of methoxy groups -OCH3 is 1. The second kappa shape index (κ2) is 14.0. The van der Waals surface area contributed by atoms with E-state index >= 15 is 0 Å². The zero-order valence-electron chi connectivity index (χ0n) is 26.0. The molecule has 0 bridgehead atoms. The van der Waals surface area contributed by atoms with Gasteiger partial charge < -0.3 is 19.7 Å². The van der Waals surface area contributed by atoms with Crippen LogP contribution in [-0.2, 0) is 9.53 Å². The quantitative estimate of drug-likeness (QED) is 0.267. The van der Waals surface area contributed by atoms with Crippen LogP contribution in [0.3, 0.4) is 0 Å². The van der Waals surface area contributed by atoms with Crippen molar-refractivity contribution in [3.8, 4) is 22.3 Å². The van der Waals surface area contributed by atoms with Gasteiger partial charge >= 0.3 is 6.09 Å². The Morgan fingerprint density at radius 3 is 2.47 bits per heavy atom. The molecule has 6 rings (SSSR count). The van der Waals surface area contributed by atoms with Gasteiger partial charge in [-0.2, -0.15) is 5.26 Å². The maximum Gasteiger partial charge on any atom is 0.407 e. The van der Waals surface area contributed by atoms with Crippen molar-refractivity contribution in [2.24, 2.45) is 11.8 Å². The second-order valence-corrected chi connectivity index (χ2v) is 13.6. The SMILES string of the molecule is CNC(=O)O[C@H]1CC[C@H](C(=O)N(C[C@H]2CC[C@H](c3ccc(OC)c(C#N)n3)CC2)c2cccc(-c3cnc(C4CC4)s3)c2)CC1. The highest BCUT2D eigenvalue weighted by Crippen LogP contribution is 2.44. The summed E-state index contributed by atoms with van der Waals surface area (Å²) in [7, 11) is 3.12. The maximum atomic E-state index is 14.3. The van der Waals surface area contributed by atoms with Gasteiger partial charge in [-0.05, 0) is 100.0 Å². The summed E-state index contributed by atoms with van der Waals surface area (Å²) in [5, 5.41) is 13.2. The minimum atomic E-state index is -0.416. The van der Waals surface area contributed by atoms with E-state index in [1.807, 2.05) is 23.2 Å². The van der Waals surface area contributed by atoms with Gasteiger partial charge in [0.1, 0.15) is 12.2 Å². The Labute approximate surface area is 269 Å². The van der Waals surface area contributed by atoms with Gasteiger partial charge in [-0.1, -0.05) is 12.1 Å². The Morgan fingerprint density at radius 2 is 1.78 bits per heavy atom. The highest BCUT2D eigenvalue weighted by atomic mass is 32.1. The molecule has 1 N–H and O–H groups in total. The van der Waals surface area contributed by atoms with Crippen molar-refractivity contribution in [3.63, 3.8) is 0 Å². The molecule has 0 saturated heterocycles. The summed E-state index contributed by atoms with van der Waals surface area (Å²) in [4.78, 5) is 38.5. The third-order valence-electron chi connectivity index (χ3n) is 9.57. The van der Waals surface area contributed by atoms with Gasteiger partial charge in [0, 0.05) is 48.9 Å². The van der Waals surface area contributed by atoms with Crippen LogP contribution in [0.5, 0.6) is 5.75 Å². The molecule has 0 radical (unpaired) electrons. The van der Waals surface area contributed by atoms with E-state index in [0.29, 0.717) is 55.5 Å². The van der Waals surface area contributed by atoms with Crippen molar-refractivity contribution in [2.75, 3.05) is 25.6 Å². The summed E-state index contributed by atoms with van der Waals surface area (Å²) in [6.07, 6.45) is 10.5. The number of rotatable bonds is 9. The van der Waals surface area contributed by atoms with Crippen LogP contribution in [0.1, 0.15) is 92.4 Å². The first-order valence-electron chi connectivity index (χ1n) is 16.2. The van der Waals surface area contributed by atoms with E-state index in [4.69, 9.17) is 9.47 Å². The van der Waals surface area contributed by atoms with Crippen molar-refractivity contribution in [1.82, 2.24) is 15.3 Å². The molecular weight excluding hydrogens is 586 g/mol. The first-order chi connectivity index (χ1) is 21.9.